The molecule has 0 saturated heterocycles. The molecule has 2 aromatic heterocycles. The van der Waals surface area contributed by atoms with Crippen molar-refractivity contribution in [2.75, 3.05) is 0 Å². The van der Waals surface area contributed by atoms with Gasteiger partial charge in [-0.25, -0.2) is 9.97 Å². The average molecular weight is 397 g/mol. The first-order chi connectivity index (χ1) is 14.4. The zero-order valence-corrected chi connectivity index (χ0v) is 16.5. The highest BCUT2D eigenvalue weighted by Crippen LogP contribution is 2.24. The largest absolute Gasteiger partial charge is 0.438 e. The lowest BCUT2D eigenvalue weighted by Gasteiger charge is -2.08. The van der Waals surface area contributed by atoms with Crippen molar-refractivity contribution >= 4 is 16.8 Å². The number of pyridine rings is 1. The maximum Gasteiger partial charge on any atom is 0.235 e. The molecule has 0 aliphatic heterocycles. The van der Waals surface area contributed by atoms with Gasteiger partial charge >= 0.3 is 0 Å². The number of aromatic amines is 1. The number of aliphatic hydroxyl groups is 1. The number of rotatable bonds is 4. The van der Waals surface area contributed by atoms with Gasteiger partial charge in [0.05, 0.1) is 16.6 Å². The van der Waals surface area contributed by atoms with Crippen LogP contribution in [0.4, 0.5) is 0 Å². The topological polar surface area (TPSA) is 88.1 Å². The molecular weight excluding hydrogens is 378 g/mol. The van der Waals surface area contributed by atoms with Gasteiger partial charge in [-0.2, -0.15) is 0 Å². The zero-order valence-electron chi connectivity index (χ0n) is 16.5. The van der Waals surface area contributed by atoms with Crippen LogP contribution < -0.4 is 4.74 Å². The first kappa shape index (κ1) is 19.4. The Morgan fingerprint density at radius 1 is 1.07 bits per heavy atom. The van der Waals surface area contributed by atoms with Gasteiger partial charge in [0.1, 0.15) is 11.4 Å². The molecule has 0 aliphatic rings. The van der Waals surface area contributed by atoms with Crippen molar-refractivity contribution in [1.29, 1.82) is 0 Å². The predicted octanol–water partition coefficient (Wildman–Crippen LogP) is 4.10. The monoisotopic (exact) mass is 397 g/mol. The molecule has 0 unspecified atom stereocenters. The Labute approximate surface area is 173 Å². The fraction of sp³-hybridized carbons (Fsp3) is 0.125. The SMILES string of the molecule is CC(C)(O)C#Cc1cccnc1Oc1ccc(C(=O)c2nc3ccccc3[nH]2)cc1. The van der Waals surface area contributed by atoms with Gasteiger partial charge < -0.3 is 14.8 Å². The number of nitrogens with one attached hydrogen (secondary N) is 1. The van der Waals surface area contributed by atoms with Crippen LogP contribution in [0, 0.1) is 11.8 Å². The van der Waals surface area contributed by atoms with Crippen molar-refractivity contribution in [3.8, 4) is 23.5 Å². The summed E-state index contributed by atoms with van der Waals surface area (Å²) in [5.74, 6) is 6.56. The van der Waals surface area contributed by atoms with Crippen molar-refractivity contribution < 1.29 is 14.6 Å². The first-order valence-corrected chi connectivity index (χ1v) is 9.37. The molecule has 0 radical (unpaired) electrons. The summed E-state index contributed by atoms with van der Waals surface area (Å²) in [4.78, 5) is 24.3. The molecule has 2 N–H and O–H groups in total. The Balaban J connectivity index is 1.54. The van der Waals surface area contributed by atoms with Crippen LogP contribution >= 0.6 is 0 Å². The fourth-order valence-corrected chi connectivity index (χ4v) is 2.77. The summed E-state index contributed by atoms with van der Waals surface area (Å²) in [6.45, 7) is 3.21. The zero-order chi connectivity index (χ0) is 21.1. The van der Waals surface area contributed by atoms with Crippen LogP contribution in [0.5, 0.6) is 11.6 Å². The van der Waals surface area contributed by atoms with Crippen LogP contribution in [0.2, 0.25) is 0 Å². The average Bonchev–Trinajstić information content (AvgIpc) is 3.17. The smallest absolute Gasteiger partial charge is 0.235 e. The number of ether oxygens (including phenoxy) is 1. The first-order valence-electron chi connectivity index (χ1n) is 9.37. The maximum atomic E-state index is 12.7. The number of imidazole rings is 1. The normalized spacial score (nSPS) is 11.0. The van der Waals surface area contributed by atoms with Crippen molar-refractivity contribution in [3.63, 3.8) is 0 Å². The third kappa shape index (κ3) is 4.37. The highest BCUT2D eigenvalue weighted by Gasteiger charge is 2.14. The lowest BCUT2D eigenvalue weighted by molar-refractivity contribution is 0.103. The minimum absolute atomic E-state index is 0.202. The van der Waals surface area contributed by atoms with E-state index < -0.39 is 5.60 Å². The van der Waals surface area contributed by atoms with Crippen LogP contribution in [0.15, 0.2) is 66.9 Å². The summed E-state index contributed by atoms with van der Waals surface area (Å²) in [7, 11) is 0. The lowest BCUT2D eigenvalue weighted by Crippen LogP contribution is -2.14. The molecular formula is C24H19N3O3. The molecule has 148 valence electrons. The van der Waals surface area contributed by atoms with Crippen LogP contribution in [0.1, 0.15) is 35.6 Å². The van der Waals surface area contributed by atoms with E-state index in [2.05, 4.69) is 26.8 Å². The highest BCUT2D eigenvalue weighted by atomic mass is 16.5. The third-order valence-electron chi connectivity index (χ3n) is 4.21. The molecule has 0 saturated carbocycles. The number of benzene rings is 2. The summed E-state index contributed by atoms with van der Waals surface area (Å²) in [5, 5.41) is 9.81. The van der Waals surface area contributed by atoms with Gasteiger partial charge in [-0.1, -0.05) is 24.0 Å². The number of nitrogens with zero attached hydrogens (tertiary/aromatic N) is 2. The number of para-hydroxylation sites is 2. The fourth-order valence-electron chi connectivity index (χ4n) is 2.77. The molecule has 30 heavy (non-hydrogen) atoms. The Kier molecular flexibility index (Phi) is 5.05. The number of hydrogen-bond donors (Lipinski definition) is 2. The van der Waals surface area contributed by atoms with Gasteiger partial charge in [0, 0.05) is 11.8 Å². The van der Waals surface area contributed by atoms with Gasteiger partial charge in [0.15, 0.2) is 5.82 Å². The second kappa shape index (κ2) is 7.82. The van der Waals surface area contributed by atoms with E-state index in [0.29, 0.717) is 28.6 Å². The molecule has 0 amide bonds. The quantitative estimate of drug-likeness (QED) is 0.400. The van der Waals surface area contributed by atoms with Gasteiger partial charge in [0.25, 0.3) is 0 Å². The van der Waals surface area contributed by atoms with E-state index in [0.717, 1.165) is 11.0 Å². The number of ketones is 1. The van der Waals surface area contributed by atoms with E-state index in [9.17, 15) is 9.90 Å². The molecule has 0 aliphatic carbocycles. The summed E-state index contributed by atoms with van der Waals surface area (Å²) in [5.41, 5.74) is 1.49. The van der Waals surface area contributed by atoms with Crippen molar-refractivity contribution in [1.82, 2.24) is 15.0 Å². The van der Waals surface area contributed by atoms with Gasteiger partial charge in [-0.3, -0.25) is 4.79 Å². The molecule has 4 aromatic rings. The Hall–Kier alpha value is -3.95. The van der Waals surface area contributed by atoms with E-state index in [1.54, 1.807) is 56.4 Å². The van der Waals surface area contributed by atoms with E-state index >= 15 is 0 Å². The van der Waals surface area contributed by atoms with Gasteiger partial charge in [0.2, 0.25) is 11.7 Å². The molecule has 6 heteroatoms. The number of H-pyrrole nitrogens is 1. The minimum Gasteiger partial charge on any atom is -0.438 e. The number of carbonyl (C=O) groups excluding carboxylic acids is 1. The standard InChI is InChI=1S/C24H19N3O3/c1-24(2,29)14-13-17-6-5-15-25-23(17)30-18-11-9-16(10-12-18)21(28)22-26-19-7-3-4-8-20(19)27-22/h3-12,15,29H,1-2H3,(H,26,27). The Morgan fingerprint density at radius 3 is 2.57 bits per heavy atom. The molecule has 2 aromatic carbocycles. The Morgan fingerprint density at radius 2 is 1.83 bits per heavy atom. The molecule has 2 heterocycles. The minimum atomic E-state index is -1.12. The van der Waals surface area contributed by atoms with E-state index in [4.69, 9.17) is 4.74 Å². The second-order valence-corrected chi connectivity index (χ2v) is 7.22. The summed E-state index contributed by atoms with van der Waals surface area (Å²) in [6, 6.07) is 17.7. The van der Waals surface area contributed by atoms with Crippen LogP contribution in [0.25, 0.3) is 11.0 Å². The van der Waals surface area contributed by atoms with E-state index in [1.165, 1.54) is 0 Å². The number of fused-ring (bicyclic) bond motifs is 1. The molecule has 4 rings (SSSR count). The molecule has 0 bridgehead atoms. The van der Waals surface area contributed by atoms with Gasteiger partial charge in [-0.15, -0.1) is 0 Å². The number of aromatic nitrogens is 3. The van der Waals surface area contributed by atoms with Crippen molar-refractivity contribution in [3.05, 3.63) is 83.8 Å². The number of carbonyl (C=O) groups is 1. The second-order valence-electron chi connectivity index (χ2n) is 7.22. The highest BCUT2D eigenvalue weighted by molar-refractivity contribution is 6.08. The van der Waals surface area contributed by atoms with Crippen LogP contribution in [-0.4, -0.2) is 31.4 Å². The van der Waals surface area contributed by atoms with Crippen LogP contribution in [-0.2, 0) is 0 Å². The third-order valence-corrected chi connectivity index (χ3v) is 4.21. The number of hydrogen-bond acceptors (Lipinski definition) is 5. The van der Waals surface area contributed by atoms with Crippen molar-refractivity contribution in [2.45, 2.75) is 19.4 Å². The van der Waals surface area contributed by atoms with E-state index in [-0.39, 0.29) is 5.78 Å². The predicted molar refractivity (Wildman–Crippen MR) is 113 cm³/mol. The molecule has 0 atom stereocenters. The lowest BCUT2D eigenvalue weighted by atomic mass is 10.1. The van der Waals surface area contributed by atoms with Crippen LogP contribution in [0.3, 0.4) is 0 Å². The van der Waals surface area contributed by atoms with Gasteiger partial charge in [-0.05, 0) is 62.4 Å². The molecule has 0 spiro atoms. The maximum absolute atomic E-state index is 12.7. The van der Waals surface area contributed by atoms with E-state index in [1.807, 2.05) is 24.3 Å². The Bertz CT molecular complexity index is 1240. The summed E-state index contributed by atoms with van der Waals surface area (Å²) >= 11 is 0. The molecule has 6 nitrogen and oxygen atoms in total. The molecule has 0 fully saturated rings. The summed E-state index contributed by atoms with van der Waals surface area (Å²) < 4.78 is 5.83. The summed E-state index contributed by atoms with van der Waals surface area (Å²) in [6.07, 6.45) is 1.60. The van der Waals surface area contributed by atoms with Crippen molar-refractivity contribution in [2.24, 2.45) is 0 Å².